The lowest BCUT2D eigenvalue weighted by Gasteiger charge is -2.28. The predicted molar refractivity (Wildman–Crippen MR) is 90.0 cm³/mol. The van der Waals surface area contributed by atoms with Crippen LogP contribution in [0.3, 0.4) is 0 Å². The summed E-state index contributed by atoms with van der Waals surface area (Å²) in [5.41, 5.74) is 6.61. The van der Waals surface area contributed by atoms with E-state index in [1.54, 1.807) is 12.3 Å². The molecule has 2 aliphatic rings. The molecule has 0 saturated carbocycles. The molecule has 1 aromatic heterocycles. The molecular weight excluding hydrogens is 292 g/mol. The van der Waals surface area contributed by atoms with Gasteiger partial charge in [0.1, 0.15) is 5.82 Å². The molecule has 126 valence electrons. The molecule has 3 N–H and O–H groups in total. The predicted octanol–water partition coefficient (Wildman–Crippen LogP) is 1.88. The molecule has 0 aromatic carbocycles. The first kappa shape index (κ1) is 16.1. The van der Waals surface area contributed by atoms with Crippen LogP contribution in [0, 0.1) is 5.92 Å². The highest BCUT2D eigenvalue weighted by Gasteiger charge is 2.28. The Morgan fingerprint density at radius 2 is 2.04 bits per heavy atom. The van der Waals surface area contributed by atoms with Gasteiger partial charge in [-0.2, -0.15) is 0 Å². The van der Waals surface area contributed by atoms with Crippen molar-refractivity contribution >= 4 is 17.4 Å². The van der Waals surface area contributed by atoms with Crippen LogP contribution in [0.1, 0.15) is 32.1 Å². The van der Waals surface area contributed by atoms with Crippen molar-refractivity contribution in [2.45, 2.75) is 38.1 Å². The number of nitrogens with one attached hydrogen (secondary N) is 1. The Morgan fingerprint density at radius 1 is 1.22 bits per heavy atom. The van der Waals surface area contributed by atoms with Crippen LogP contribution in [0.15, 0.2) is 18.3 Å². The van der Waals surface area contributed by atoms with E-state index in [1.807, 2.05) is 6.07 Å². The monoisotopic (exact) mass is 318 g/mol. The maximum absolute atomic E-state index is 12.6. The Bertz CT molecular complexity index is 514. The van der Waals surface area contributed by atoms with E-state index in [0.717, 1.165) is 64.1 Å². The van der Waals surface area contributed by atoms with Gasteiger partial charge in [-0.3, -0.25) is 4.79 Å². The van der Waals surface area contributed by atoms with E-state index >= 15 is 0 Å². The normalized spacial score (nSPS) is 23.3. The van der Waals surface area contributed by atoms with Gasteiger partial charge >= 0.3 is 0 Å². The molecule has 3 heterocycles. The third-order valence-corrected chi connectivity index (χ3v) is 4.77. The number of hydrogen-bond acceptors (Lipinski definition) is 5. The number of carbonyl (C=O) groups is 1. The van der Waals surface area contributed by atoms with E-state index in [2.05, 4.69) is 15.2 Å². The summed E-state index contributed by atoms with van der Waals surface area (Å²) >= 11 is 0. The number of aromatic nitrogens is 1. The van der Waals surface area contributed by atoms with Crippen LogP contribution in [-0.4, -0.2) is 48.1 Å². The van der Waals surface area contributed by atoms with Crippen LogP contribution < -0.4 is 11.1 Å². The molecular formula is C17H26N4O2. The molecule has 23 heavy (non-hydrogen) atoms. The largest absolute Gasteiger partial charge is 0.384 e. The summed E-state index contributed by atoms with van der Waals surface area (Å²) in [6.45, 7) is 3.14. The quantitative estimate of drug-likeness (QED) is 0.889. The van der Waals surface area contributed by atoms with Gasteiger partial charge in [0.2, 0.25) is 5.91 Å². The first-order chi connectivity index (χ1) is 11.2. The standard InChI is InChI=1S/C17H26N4O2/c18-16-4-3-15(12-19-16)20-14-2-1-8-21(9-5-14)17(22)13-6-10-23-11-7-13/h3-4,12-14,20H,1-2,5-11H2,(H2,18,19). The fourth-order valence-corrected chi connectivity index (χ4v) is 3.39. The molecule has 1 aromatic rings. The zero-order valence-corrected chi connectivity index (χ0v) is 13.5. The molecule has 0 bridgehead atoms. The van der Waals surface area contributed by atoms with Gasteiger partial charge in [-0.1, -0.05) is 0 Å². The maximum Gasteiger partial charge on any atom is 0.225 e. The third kappa shape index (κ3) is 4.34. The van der Waals surface area contributed by atoms with Crippen molar-refractivity contribution in [3.05, 3.63) is 18.3 Å². The Morgan fingerprint density at radius 3 is 2.78 bits per heavy atom. The second-order valence-electron chi connectivity index (χ2n) is 6.46. The number of pyridine rings is 1. The van der Waals surface area contributed by atoms with Gasteiger partial charge in [0.15, 0.2) is 0 Å². The van der Waals surface area contributed by atoms with Crippen LogP contribution >= 0.6 is 0 Å². The minimum Gasteiger partial charge on any atom is -0.384 e. The number of ether oxygens (including phenoxy) is 1. The Hall–Kier alpha value is -1.82. The zero-order chi connectivity index (χ0) is 16.1. The van der Waals surface area contributed by atoms with E-state index in [-0.39, 0.29) is 5.92 Å². The molecule has 2 saturated heterocycles. The topological polar surface area (TPSA) is 80.5 Å². The molecule has 2 aliphatic heterocycles. The van der Waals surface area contributed by atoms with Crippen LogP contribution in [-0.2, 0) is 9.53 Å². The number of nitrogen functional groups attached to an aromatic ring is 1. The number of carbonyl (C=O) groups excluding carboxylic acids is 1. The molecule has 1 unspecified atom stereocenters. The highest BCUT2D eigenvalue weighted by Crippen LogP contribution is 2.22. The number of likely N-dealkylation sites (tertiary alicyclic amines) is 1. The van der Waals surface area contributed by atoms with E-state index in [0.29, 0.717) is 17.8 Å². The van der Waals surface area contributed by atoms with Gasteiger partial charge in [-0.05, 0) is 44.2 Å². The number of nitrogens with zero attached hydrogens (tertiary/aromatic N) is 2. The molecule has 0 aliphatic carbocycles. The average molecular weight is 318 g/mol. The van der Waals surface area contributed by atoms with Crippen LogP contribution in [0.2, 0.25) is 0 Å². The molecule has 3 rings (SSSR count). The lowest BCUT2D eigenvalue weighted by molar-refractivity contribution is -0.138. The summed E-state index contributed by atoms with van der Waals surface area (Å²) in [7, 11) is 0. The van der Waals surface area contributed by atoms with Gasteiger partial charge in [-0.25, -0.2) is 4.98 Å². The van der Waals surface area contributed by atoms with Crippen LogP contribution in [0.4, 0.5) is 11.5 Å². The van der Waals surface area contributed by atoms with Crippen molar-refractivity contribution in [2.75, 3.05) is 37.4 Å². The summed E-state index contributed by atoms with van der Waals surface area (Å²) in [5.74, 6) is 1.02. The first-order valence-electron chi connectivity index (χ1n) is 8.57. The molecule has 2 fully saturated rings. The van der Waals surface area contributed by atoms with Crippen molar-refractivity contribution in [3.63, 3.8) is 0 Å². The van der Waals surface area contributed by atoms with Crippen molar-refractivity contribution in [2.24, 2.45) is 5.92 Å². The molecule has 1 amide bonds. The molecule has 6 heteroatoms. The van der Waals surface area contributed by atoms with E-state index in [9.17, 15) is 4.79 Å². The fraction of sp³-hybridized carbons (Fsp3) is 0.647. The van der Waals surface area contributed by atoms with E-state index in [1.165, 1.54) is 0 Å². The van der Waals surface area contributed by atoms with Gasteiger partial charge in [0, 0.05) is 38.3 Å². The highest BCUT2D eigenvalue weighted by molar-refractivity contribution is 5.79. The number of anilines is 2. The molecule has 6 nitrogen and oxygen atoms in total. The summed E-state index contributed by atoms with van der Waals surface area (Å²) in [6.07, 6.45) is 6.59. The van der Waals surface area contributed by atoms with Gasteiger partial charge < -0.3 is 20.7 Å². The van der Waals surface area contributed by atoms with Gasteiger partial charge in [0.05, 0.1) is 11.9 Å². The summed E-state index contributed by atoms with van der Waals surface area (Å²) in [4.78, 5) is 18.8. The minimum atomic E-state index is 0.162. The Kier molecular flexibility index (Phi) is 5.33. The smallest absolute Gasteiger partial charge is 0.225 e. The lowest BCUT2D eigenvalue weighted by atomic mass is 9.98. The Balaban J connectivity index is 1.52. The first-order valence-corrected chi connectivity index (χ1v) is 8.57. The molecule has 0 spiro atoms. The van der Waals surface area contributed by atoms with Crippen molar-refractivity contribution < 1.29 is 9.53 Å². The third-order valence-electron chi connectivity index (χ3n) is 4.77. The van der Waals surface area contributed by atoms with E-state index in [4.69, 9.17) is 10.5 Å². The fourth-order valence-electron chi connectivity index (χ4n) is 3.39. The maximum atomic E-state index is 12.6. The summed E-state index contributed by atoms with van der Waals surface area (Å²) in [6, 6.07) is 4.14. The van der Waals surface area contributed by atoms with E-state index < -0.39 is 0 Å². The Labute approximate surface area is 137 Å². The molecule has 0 radical (unpaired) electrons. The van der Waals surface area contributed by atoms with Crippen LogP contribution in [0.5, 0.6) is 0 Å². The van der Waals surface area contributed by atoms with Crippen molar-refractivity contribution in [1.82, 2.24) is 9.88 Å². The SMILES string of the molecule is Nc1ccc(NC2CCCN(C(=O)C3CCOCC3)CC2)cn1. The second kappa shape index (κ2) is 7.64. The van der Waals surface area contributed by atoms with Gasteiger partial charge in [0.25, 0.3) is 0 Å². The van der Waals surface area contributed by atoms with Gasteiger partial charge in [-0.15, -0.1) is 0 Å². The molecule has 1 atom stereocenters. The summed E-state index contributed by atoms with van der Waals surface area (Å²) < 4.78 is 5.36. The average Bonchev–Trinajstić information content (AvgIpc) is 2.83. The zero-order valence-electron chi connectivity index (χ0n) is 13.5. The number of rotatable bonds is 3. The van der Waals surface area contributed by atoms with Crippen molar-refractivity contribution in [1.29, 1.82) is 0 Å². The number of hydrogen-bond donors (Lipinski definition) is 2. The second-order valence-corrected chi connectivity index (χ2v) is 6.46. The number of amides is 1. The number of nitrogens with two attached hydrogens (primary N) is 1. The summed E-state index contributed by atoms with van der Waals surface area (Å²) in [5, 5.41) is 3.51. The highest BCUT2D eigenvalue weighted by atomic mass is 16.5. The minimum absolute atomic E-state index is 0.162. The lowest BCUT2D eigenvalue weighted by Crippen LogP contribution is -2.39. The van der Waals surface area contributed by atoms with Crippen molar-refractivity contribution in [3.8, 4) is 0 Å². The van der Waals surface area contributed by atoms with Crippen LogP contribution in [0.25, 0.3) is 0 Å².